The lowest BCUT2D eigenvalue weighted by Gasteiger charge is -2.34. The summed E-state index contributed by atoms with van der Waals surface area (Å²) in [5, 5.41) is 0. The molecule has 0 fully saturated rings. The van der Waals surface area contributed by atoms with Crippen molar-refractivity contribution in [1.82, 2.24) is 4.90 Å². The van der Waals surface area contributed by atoms with E-state index in [0.29, 0.717) is 19.2 Å². The SMILES string of the molecule is CCCOc1ccc(C(CN)N(CCOC)C(C)C)cc1. The van der Waals surface area contributed by atoms with Gasteiger partial charge in [-0.2, -0.15) is 0 Å². The van der Waals surface area contributed by atoms with E-state index in [4.69, 9.17) is 15.2 Å². The van der Waals surface area contributed by atoms with Gasteiger partial charge in [0.2, 0.25) is 0 Å². The summed E-state index contributed by atoms with van der Waals surface area (Å²) in [6.07, 6.45) is 1.02. The average Bonchev–Trinajstić information content (AvgIpc) is 2.50. The number of hydrogen-bond acceptors (Lipinski definition) is 4. The van der Waals surface area contributed by atoms with Gasteiger partial charge in [-0.1, -0.05) is 19.1 Å². The molecule has 0 aliphatic carbocycles. The summed E-state index contributed by atoms with van der Waals surface area (Å²) >= 11 is 0. The second-order valence-corrected chi connectivity index (χ2v) is 5.49. The third kappa shape index (κ3) is 5.65. The molecule has 0 aliphatic heterocycles. The maximum absolute atomic E-state index is 6.02. The molecule has 1 aromatic carbocycles. The molecule has 0 amide bonds. The summed E-state index contributed by atoms with van der Waals surface area (Å²) in [6, 6.07) is 8.92. The zero-order valence-corrected chi connectivity index (χ0v) is 13.8. The number of nitrogens with zero attached hydrogens (tertiary/aromatic N) is 1. The molecule has 21 heavy (non-hydrogen) atoms. The van der Waals surface area contributed by atoms with Gasteiger partial charge < -0.3 is 15.2 Å². The van der Waals surface area contributed by atoms with Crippen molar-refractivity contribution >= 4 is 0 Å². The van der Waals surface area contributed by atoms with Crippen LogP contribution < -0.4 is 10.5 Å². The van der Waals surface area contributed by atoms with Crippen LogP contribution in [0.25, 0.3) is 0 Å². The Morgan fingerprint density at radius 1 is 1.14 bits per heavy atom. The van der Waals surface area contributed by atoms with E-state index in [0.717, 1.165) is 25.3 Å². The number of hydrogen-bond donors (Lipinski definition) is 1. The molecule has 0 spiro atoms. The maximum atomic E-state index is 6.02. The molecule has 0 radical (unpaired) electrons. The molecule has 1 atom stereocenters. The second kappa shape index (κ2) is 9.77. The van der Waals surface area contributed by atoms with Crippen LogP contribution >= 0.6 is 0 Å². The van der Waals surface area contributed by atoms with Gasteiger partial charge in [0.1, 0.15) is 5.75 Å². The van der Waals surface area contributed by atoms with Crippen LogP contribution in [0, 0.1) is 0 Å². The minimum absolute atomic E-state index is 0.209. The minimum atomic E-state index is 0.209. The smallest absolute Gasteiger partial charge is 0.119 e. The highest BCUT2D eigenvalue weighted by Crippen LogP contribution is 2.24. The topological polar surface area (TPSA) is 47.7 Å². The van der Waals surface area contributed by atoms with Crippen molar-refractivity contribution in [2.75, 3.05) is 33.4 Å². The maximum Gasteiger partial charge on any atom is 0.119 e. The van der Waals surface area contributed by atoms with Crippen molar-refractivity contribution in [3.8, 4) is 5.75 Å². The molecule has 0 saturated heterocycles. The van der Waals surface area contributed by atoms with Gasteiger partial charge in [-0.3, -0.25) is 4.90 Å². The summed E-state index contributed by atoms with van der Waals surface area (Å²) in [4.78, 5) is 2.38. The molecule has 1 rings (SSSR count). The Bertz CT molecular complexity index is 379. The van der Waals surface area contributed by atoms with Crippen LogP contribution in [0.5, 0.6) is 5.75 Å². The van der Waals surface area contributed by atoms with Crippen LogP contribution in [-0.2, 0) is 4.74 Å². The molecular weight excluding hydrogens is 264 g/mol. The molecule has 120 valence electrons. The fraction of sp³-hybridized carbons (Fsp3) is 0.647. The number of nitrogens with two attached hydrogens (primary N) is 1. The van der Waals surface area contributed by atoms with Crippen molar-refractivity contribution < 1.29 is 9.47 Å². The van der Waals surface area contributed by atoms with Crippen LogP contribution in [-0.4, -0.2) is 44.4 Å². The molecule has 0 saturated carbocycles. The van der Waals surface area contributed by atoms with Crippen LogP contribution in [0.1, 0.15) is 38.8 Å². The Balaban J connectivity index is 2.81. The van der Waals surface area contributed by atoms with Crippen molar-refractivity contribution in [3.63, 3.8) is 0 Å². The van der Waals surface area contributed by atoms with Crippen LogP contribution in [0.2, 0.25) is 0 Å². The number of ether oxygens (including phenoxy) is 2. The first kappa shape index (κ1) is 18.0. The summed E-state index contributed by atoms with van der Waals surface area (Å²) in [5.41, 5.74) is 7.25. The molecule has 1 unspecified atom stereocenters. The summed E-state index contributed by atoms with van der Waals surface area (Å²) in [6.45, 7) is 9.43. The van der Waals surface area contributed by atoms with Crippen molar-refractivity contribution in [2.24, 2.45) is 5.73 Å². The standard InChI is InChI=1S/C17H30N2O2/c1-5-11-21-16-8-6-15(7-9-16)17(13-18)19(14(2)3)10-12-20-4/h6-9,14,17H,5,10-13,18H2,1-4H3. The zero-order chi connectivity index (χ0) is 15.7. The second-order valence-electron chi connectivity index (χ2n) is 5.49. The van der Waals surface area contributed by atoms with Crippen molar-refractivity contribution in [3.05, 3.63) is 29.8 Å². The highest BCUT2D eigenvalue weighted by Gasteiger charge is 2.21. The lowest BCUT2D eigenvalue weighted by molar-refractivity contribution is 0.0979. The van der Waals surface area contributed by atoms with Gasteiger partial charge in [-0.15, -0.1) is 0 Å². The van der Waals surface area contributed by atoms with Crippen molar-refractivity contribution in [1.29, 1.82) is 0 Å². The number of rotatable bonds is 10. The Kier molecular flexibility index (Phi) is 8.35. The molecule has 0 heterocycles. The predicted molar refractivity (Wildman–Crippen MR) is 87.7 cm³/mol. The molecule has 1 aromatic rings. The molecule has 4 heteroatoms. The van der Waals surface area contributed by atoms with E-state index >= 15 is 0 Å². The first-order valence-corrected chi connectivity index (χ1v) is 7.81. The molecule has 0 aliphatic rings. The van der Waals surface area contributed by atoms with Gasteiger partial charge in [0.25, 0.3) is 0 Å². The Morgan fingerprint density at radius 2 is 1.81 bits per heavy atom. The normalized spacial score (nSPS) is 12.9. The van der Waals surface area contributed by atoms with Gasteiger partial charge in [0, 0.05) is 32.3 Å². The Morgan fingerprint density at radius 3 is 2.29 bits per heavy atom. The van der Waals surface area contributed by atoms with Gasteiger partial charge in [0.05, 0.1) is 13.2 Å². The van der Waals surface area contributed by atoms with E-state index in [1.54, 1.807) is 7.11 Å². The first-order valence-electron chi connectivity index (χ1n) is 7.81. The largest absolute Gasteiger partial charge is 0.494 e. The van der Waals surface area contributed by atoms with E-state index in [1.807, 2.05) is 12.1 Å². The molecule has 0 aromatic heterocycles. The molecular formula is C17H30N2O2. The van der Waals surface area contributed by atoms with Gasteiger partial charge in [-0.25, -0.2) is 0 Å². The van der Waals surface area contributed by atoms with Gasteiger partial charge >= 0.3 is 0 Å². The fourth-order valence-electron chi connectivity index (χ4n) is 2.44. The third-order valence-corrected chi connectivity index (χ3v) is 3.58. The molecule has 2 N–H and O–H groups in total. The van der Waals surface area contributed by atoms with E-state index < -0.39 is 0 Å². The van der Waals surface area contributed by atoms with Crippen LogP contribution in [0.15, 0.2) is 24.3 Å². The van der Waals surface area contributed by atoms with E-state index in [-0.39, 0.29) is 6.04 Å². The average molecular weight is 294 g/mol. The monoisotopic (exact) mass is 294 g/mol. The Labute approximate surface area is 129 Å². The summed E-state index contributed by atoms with van der Waals surface area (Å²) in [7, 11) is 1.73. The van der Waals surface area contributed by atoms with Crippen LogP contribution in [0.4, 0.5) is 0 Å². The number of methoxy groups -OCH3 is 1. The minimum Gasteiger partial charge on any atom is -0.494 e. The summed E-state index contributed by atoms with van der Waals surface area (Å²) in [5.74, 6) is 0.921. The van der Waals surface area contributed by atoms with Crippen molar-refractivity contribution in [2.45, 2.75) is 39.3 Å². The lowest BCUT2D eigenvalue weighted by atomic mass is 10.0. The van der Waals surface area contributed by atoms with E-state index in [1.165, 1.54) is 5.56 Å². The highest BCUT2D eigenvalue weighted by molar-refractivity contribution is 5.29. The van der Waals surface area contributed by atoms with Crippen LogP contribution in [0.3, 0.4) is 0 Å². The Hall–Kier alpha value is -1.10. The van der Waals surface area contributed by atoms with Gasteiger partial charge in [-0.05, 0) is 38.0 Å². The predicted octanol–water partition coefficient (Wildman–Crippen LogP) is 2.83. The summed E-state index contributed by atoms with van der Waals surface area (Å²) < 4.78 is 10.8. The van der Waals surface area contributed by atoms with E-state index in [2.05, 4.69) is 37.8 Å². The van der Waals surface area contributed by atoms with Gasteiger partial charge in [0.15, 0.2) is 0 Å². The molecule has 0 bridgehead atoms. The zero-order valence-electron chi connectivity index (χ0n) is 13.8. The first-order chi connectivity index (χ1) is 10.1. The molecule has 4 nitrogen and oxygen atoms in total. The van der Waals surface area contributed by atoms with E-state index in [9.17, 15) is 0 Å². The fourth-order valence-corrected chi connectivity index (χ4v) is 2.44. The lowest BCUT2D eigenvalue weighted by Crippen LogP contribution is -2.40. The highest BCUT2D eigenvalue weighted by atomic mass is 16.5. The number of benzene rings is 1. The third-order valence-electron chi connectivity index (χ3n) is 3.58. The quantitative estimate of drug-likeness (QED) is 0.721.